The number of rotatable bonds is 8. The van der Waals surface area contributed by atoms with Gasteiger partial charge in [-0.15, -0.1) is 11.3 Å². The van der Waals surface area contributed by atoms with Gasteiger partial charge in [0.1, 0.15) is 22.9 Å². The SMILES string of the molecule is CNC(=O)c1c(-c2ccc(F)cc2)oc2cc(N(C)S(C)(=O)=O)c(OCC(=O)Nc3nc(C)c(C)s3)cc12. The smallest absolute Gasteiger partial charge is 0.264 e. The standard InChI is InChI=1S/C25H25FN4O6S2/c1-13-14(2)37-25(28-13)29-21(31)12-35-20-10-17-19(11-18(20)30(4)38(5,33)34)36-23(22(17)24(32)27-3)15-6-8-16(26)9-7-15/h6-11H,12H2,1-5H3,(H,27,32)(H,28,29,31). The summed E-state index contributed by atoms with van der Waals surface area (Å²) in [5, 5.41) is 5.94. The molecule has 2 amide bonds. The van der Waals surface area contributed by atoms with Gasteiger partial charge in [-0.25, -0.2) is 17.8 Å². The molecule has 0 unspecified atom stereocenters. The fourth-order valence-electron chi connectivity index (χ4n) is 3.63. The van der Waals surface area contributed by atoms with Crippen LogP contribution in [0.2, 0.25) is 0 Å². The first-order chi connectivity index (χ1) is 17.9. The minimum atomic E-state index is -3.74. The van der Waals surface area contributed by atoms with Gasteiger partial charge in [-0.05, 0) is 44.2 Å². The molecule has 0 saturated carbocycles. The molecule has 0 aliphatic rings. The average molecular weight is 561 g/mol. The number of halogens is 1. The van der Waals surface area contributed by atoms with Crippen LogP contribution in [-0.4, -0.2) is 52.2 Å². The number of thiazole rings is 1. The number of hydrogen-bond donors (Lipinski definition) is 2. The van der Waals surface area contributed by atoms with Gasteiger partial charge in [0.15, 0.2) is 11.7 Å². The van der Waals surface area contributed by atoms with E-state index in [0.29, 0.717) is 16.1 Å². The molecule has 200 valence electrons. The third-order valence-corrected chi connectivity index (χ3v) is 7.98. The van der Waals surface area contributed by atoms with Crippen LogP contribution in [0.15, 0.2) is 40.8 Å². The first-order valence-corrected chi connectivity index (χ1v) is 13.9. The van der Waals surface area contributed by atoms with Gasteiger partial charge in [-0.1, -0.05) is 0 Å². The Hall–Kier alpha value is -3.97. The topological polar surface area (TPSA) is 131 Å². The number of ether oxygens (including phenoxy) is 1. The Balaban J connectivity index is 1.79. The van der Waals surface area contributed by atoms with Crippen molar-refractivity contribution in [3.63, 3.8) is 0 Å². The zero-order valence-electron chi connectivity index (χ0n) is 21.2. The van der Waals surface area contributed by atoms with E-state index in [-0.39, 0.29) is 28.3 Å². The van der Waals surface area contributed by atoms with Gasteiger partial charge >= 0.3 is 0 Å². The number of aryl methyl sites for hydroxylation is 2. The minimum absolute atomic E-state index is 0.0312. The number of nitrogens with one attached hydrogen (secondary N) is 2. The Kier molecular flexibility index (Phi) is 7.42. The highest BCUT2D eigenvalue weighted by Crippen LogP contribution is 2.40. The van der Waals surface area contributed by atoms with Gasteiger partial charge in [-0.2, -0.15) is 0 Å². The van der Waals surface area contributed by atoms with E-state index in [9.17, 15) is 22.4 Å². The third kappa shape index (κ3) is 5.48. The number of nitrogens with zero attached hydrogens (tertiary/aromatic N) is 2. The van der Waals surface area contributed by atoms with E-state index in [4.69, 9.17) is 9.15 Å². The molecular weight excluding hydrogens is 535 g/mol. The fraction of sp³-hybridized carbons (Fsp3) is 0.240. The number of anilines is 2. The molecule has 4 rings (SSSR count). The van der Waals surface area contributed by atoms with Crippen LogP contribution in [0, 0.1) is 19.7 Å². The molecule has 2 aromatic carbocycles. The predicted octanol–water partition coefficient (Wildman–Crippen LogP) is 4.09. The van der Waals surface area contributed by atoms with Crippen LogP contribution in [-0.2, 0) is 14.8 Å². The second-order valence-corrected chi connectivity index (χ2v) is 11.7. The Labute approximate surface area is 222 Å². The lowest BCUT2D eigenvalue weighted by molar-refractivity contribution is -0.118. The Bertz CT molecular complexity index is 1630. The van der Waals surface area contributed by atoms with Crippen LogP contribution in [0.5, 0.6) is 5.75 Å². The van der Waals surface area contributed by atoms with E-state index in [2.05, 4.69) is 15.6 Å². The first-order valence-electron chi connectivity index (χ1n) is 11.3. The average Bonchev–Trinajstić information content (AvgIpc) is 3.39. The normalized spacial score (nSPS) is 11.4. The van der Waals surface area contributed by atoms with E-state index in [1.54, 1.807) is 0 Å². The lowest BCUT2D eigenvalue weighted by Gasteiger charge is -2.20. The summed E-state index contributed by atoms with van der Waals surface area (Å²) in [6.45, 7) is 3.26. The van der Waals surface area contributed by atoms with Crippen molar-refractivity contribution in [1.82, 2.24) is 10.3 Å². The van der Waals surface area contributed by atoms with E-state index in [0.717, 1.165) is 21.1 Å². The molecule has 2 N–H and O–H groups in total. The van der Waals surface area contributed by atoms with Crippen molar-refractivity contribution < 1.29 is 31.6 Å². The number of carbonyl (C=O) groups is 2. The van der Waals surface area contributed by atoms with Gasteiger partial charge in [0, 0.05) is 36.0 Å². The maximum Gasteiger partial charge on any atom is 0.264 e. The maximum absolute atomic E-state index is 13.5. The Morgan fingerprint density at radius 1 is 1.18 bits per heavy atom. The number of fused-ring (bicyclic) bond motifs is 1. The van der Waals surface area contributed by atoms with E-state index in [1.165, 1.54) is 61.8 Å². The molecule has 2 heterocycles. The lowest BCUT2D eigenvalue weighted by atomic mass is 10.0. The molecule has 0 spiro atoms. The van der Waals surface area contributed by atoms with E-state index >= 15 is 0 Å². The summed E-state index contributed by atoms with van der Waals surface area (Å²) in [5.41, 5.74) is 1.67. The second kappa shape index (κ2) is 10.4. The van der Waals surface area contributed by atoms with Gasteiger partial charge in [0.05, 0.1) is 23.2 Å². The number of benzene rings is 2. The number of aromatic nitrogens is 1. The largest absolute Gasteiger partial charge is 0.482 e. The number of carbonyl (C=O) groups excluding carboxylic acids is 2. The molecule has 10 nitrogen and oxygen atoms in total. The number of sulfonamides is 1. The molecule has 2 aromatic heterocycles. The summed E-state index contributed by atoms with van der Waals surface area (Å²) in [6, 6.07) is 8.25. The van der Waals surface area contributed by atoms with Gasteiger partial charge in [0.25, 0.3) is 11.8 Å². The van der Waals surface area contributed by atoms with Crippen molar-refractivity contribution in [3.05, 3.63) is 58.3 Å². The Morgan fingerprint density at radius 2 is 1.87 bits per heavy atom. The van der Waals surface area contributed by atoms with E-state index in [1.807, 2.05) is 13.8 Å². The summed E-state index contributed by atoms with van der Waals surface area (Å²) < 4.78 is 51.0. The first kappa shape index (κ1) is 27.1. The van der Waals surface area contributed by atoms with Crippen LogP contribution < -0.4 is 19.7 Å². The lowest BCUT2D eigenvalue weighted by Crippen LogP contribution is -2.26. The summed E-state index contributed by atoms with van der Waals surface area (Å²) >= 11 is 1.32. The molecule has 4 aromatic rings. The monoisotopic (exact) mass is 560 g/mol. The Morgan fingerprint density at radius 3 is 2.45 bits per heavy atom. The van der Waals surface area contributed by atoms with Crippen molar-refractivity contribution in [3.8, 4) is 17.1 Å². The minimum Gasteiger partial charge on any atom is -0.482 e. The quantitative estimate of drug-likeness (QED) is 0.332. The molecule has 0 fully saturated rings. The zero-order valence-corrected chi connectivity index (χ0v) is 22.8. The van der Waals surface area contributed by atoms with E-state index < -0.39 is 34.3 Å². The molecule has 0 aliphatic heterocycles. The second-order valence-electron chi connectivity index (χ2n) is 8.44. The van der Waals surface area contributed by atoms with Crippen LogP contribution in [0.1, 0.15) is 20.9 Å². The van der Waals surface area contributed by atoms with Gasteiger partial charge in [0.2, 0.25) is 10.0 Å². The van der Waals surface area contributed by atoms with Crippen LogP contribution in [0.4, 0.5) is 15.2 Å². The number of hydrogen-bond acceptors (Lipinski definition) is 8. The summed E-state index contributed by atoms with van der Waals surface area (Å²) in [5.74, 6) is -1.25. The van der Waals surface area contributed by atoms with Crippen molar-refractivity contribution >= 4 is 55.0 Å². The highest BCUT2D eigenvalue weighted by atomic mass is 32.2. The fourth-order valence-corrected chi connectivity index (χ4v) is 4.96. The van der Waals surface area contributed by atoms with Crippen molar-refractivity contribution in [2.45, 2.75) is 13.8 Å². The highest BCUT2D eigenvalue weighted by molar-refractivity contribution is 7.92. The highest BCUT2D eigenvalue weighted by Gasteiger charge is 2.26. The van der Waals surface area contributed by atoms with Crippen molar-refractivity contribution in [2.75, 3.05) is 36.6 Å². The summed E-state index contributed by atoms with van der Waals surface area (Å²) in [6.07, 6.45) is 1.02. The van der Waals surface area contributed by atoms with Crippen molar-refractivity contribution in [2.24, 2.45) is 0 Å². The molecule has 0 saturated heterocycles. The number of furan rings is 1. The van der Waals surface area contributed by atoms with Crippen LogP contribution in [0.3, 0.4) is 0 Å². The van der Waals surface area contributed by atoms with Crippen molar-refractivity contribution in [1.29, 1.82) is 0 Å². The molecule has 0 bridgehead atoms. The van der Waals surface area contributed by atoms with Gasteiger partial charge < -0.3 is 14.5 Å². The summed E-state index contributed by atoms with van der Waals surface area (Å²) in [4.78, 5) is 30.7. The third-order valence-electron chi connectivity index (χ3n) is 5.80. The predicted molar refractivity (Wildman–Crippen MR) is 144 cm³/mol. The van der Waals surface area contributed by atoms with Gasteiger partial charge in [-0.3, -0.25) is 19.2 Å². The number of amides is 2. The molecule has 13 heteroatoms. The molecule has 0 atom stereocenters. The van der Waals surface area contributed by atoms with Crippen LogP contribution in [0.25, 0.3) is 22.3 Å². The zero-order chi connectivity index (χ0) is 27.8. The molecule has 0 aliphatic carbocycles. The summed E-state index contributed by atoms with van der Waals surface area (Å²) in [7, 11) is -0.959. The molecule has 38 heavy (non-hydrogen) atoms. The van der Waals surface area contributed by atoms with Crippen LogP contribution >= 0.6 is 11.3 Å². The maximum atomic E-state index is 13.5. The molecule has 0 radical (unpaired) electrons. The molecular formula is C25H25FN4O6S2.